The average Bonchev–Trinajstić information content (AvgIpc) is 2.70. The molecule has 10 heteroatoms. The number of methoxy groups -OCH3 is 1. The van der Waals surface area contributed by atoms with Crippen LogP contribution in [0.2, 0.25) is 0 Å². The van der Waals surface area contributed by atoms with Crippen molar-refractivity contribution >= 4 is 21.8 Å². The van der Waals surface area contributed by atoms with Crippen LogP contribution in [0.4, 0.5) is 4.39 Å². The highest BCUT2D eigenvalue weighted by atomic mass is 32.2. The zero-order chi connectivity index (χ0) is 20.9. The number of ketones is 1. The van der Waals surface area contributed by atoms with Crippen molar-refractivity contribution in [3.63, 3.8) is 0 Å². The number of ether oxygens (including phenoxy) is 2. The number of rotatable bonds is 8. The number of hydroxylamine groups is 1. The lowest BCUT2D eigenvalue weighted by molar-refractivity contribution is -0.0259. The standard InChI is InChI=1S/C18H18FNO7S/c1-20(26-3)28(23,24)17-10-13(7-8-16(17)25-2)18(22)27-11-15(21)12-5-4-6-14(19)9-12/h4-10H,11H2,1-3H3. The van der Waals surface area contributed by atoms with E-state index in [-0.39, 0.29) is 21.8 Å². The fraction of sp³-hybridized carbons (Fsp3) is 0.222. The number of carbonyl (C=O) groups is 2. The van der Waals surface area contributed by atoms with Gasteiger partial charge in [0.05, 0.1) is 19.8 Å². The molecule has 28 heavy (non-hydrogen) atoms. The lowest BCUT2D eigenvalue weighted by Crippen LogP contribution is -2.26. The smallest absolute Gasteiger partial charge is 0.338 e. The monoisotopic (exact) mass is 411 g/mol. The first kappa shape index (κ1) is 21.5. The fourth-order valence-electron chi connectivity index (χ4n) is 2.20. The van der Waals surface area contributed by atoms with E-state index in [0.717, 1.165) is 12.1 Å². The topological polar surface area (TPSA) is 99.2 Å². The summed E-state index contributed by atoms with van der Waals surface area (Å²) in [5, 5.41) is 0. The Morgan fingerprint density at radius 2 is 1.79 bits per heavy atom. The predicted molar refractivity (Wildman–Crippen MR) is 96.0 cm³/mol. The molecule has 0 bridgehead atoms. The summed E-state index contributed by atoms with van der Waals surface area (Å²) in [5.74, 6) is -2.13. The lowest BCUT2D eigenvalue weighted by Gasteiger charge is -2.17. The third-order valence-corrected chi connectivity index (χ3v) is 5.45. The van der Waals surface area contributed by atoms with Crippen LogP contribution < -0.4 is 4.74 Å². The highest BCUT2D eigenvalue weighted by Crippen LogP contribution is 2.27. The molecular weight excluding hydrogens is 393 g/mol. The highest BCUT2D eigenvalue weighted by molar-refractivity contribution is 7.89. The molecule has 0 N–H and O–H groups in total. The number of esters is 1. The van der Waals surface area contributed by atoms with Gasteiger partial charge in [0.15, 0.2) is 12.4 Å². The molecule has 8 nitrogen and oxygen atoms in total. The third-order valence-electron chi connectivity index (χ3n) is 3.75. The van der Waals surface area contributed by atoms with Crippen molar-refractivity contribution in [2.45, 2.75) is 4.90 Å². The number of benzene rings is 2. The second kappa shape index (κ2) is 8.91. The van der Waals surface area contributed by atoms with Crippen LogP contribution in [0.25, 0.3) is 0 Å². The van der Waals surface area contributed by atoms with Crippen LogP contribution in [-0.4, -0.2) is 52.5 Å². The van der Waals surface area contributed by atoms with E-state index in [2.05, 4.69) is 0 Å². The SMILES string of the molecule is COc1ccc(C(=O)OCC(=O)c2cccc(F)c2)cc1S(=O)(=O)N(C)OC. The Hall–Kier alpha value is -2.82. The molecule has 0 aliphatic rings. The molecule has 0 aliphatic carbocycles. The Labute approximate surface area is 161 Å². The Bertz CT molecular complexity index is 991. The summed E-state index contributed by atoms with van der Waals surface area (Å²) >= 11 is 0. The number of sulfonamides is 1. The van der Waals surface area contributed by atoms with Gasteiger partial charge in [-0.2, -0.15) is 0 Å². The van der Waals surface area contributed by atoms with Crippen molar-refractivity contribution in [2.75, 3.05) is 27.9 Å². The molecule has 0 radical (unpaired) electrons. The van der Waals surface area contributed by atoms with E-state index in [9.17, 15) is 22.4 Å². The maximum absolute atomic E-state index is 13.2. The first-order valence-corrected chi connectivity index (χ1v) is 9.31. The van der Waals surface area contributed by atoms with Gasteiger partial charge in [-0.3, -0.25) is 9.63 Å². The van der Waals surface area contributed by atoms with Crippen molar-refractivity contribution in [3.8, 4) is 5.75 Å². The minimum Gasteiger partial charge on any atom is -0.495 e. The summed E-state index contributed by atoms with van der Waals surface area (Å²) in [7, 11) is -0.478. The second-order valence-corrected chi connectivity index (χ2v) is 7.38. The molecule has 2 aromatic rings. The molecule has 0 saturated heterocycles. The zero-order valence-corrected chi connectivity index (χ0v) is 16.2. The minimum atomic E-state index is -4.10. The average molecular weight is 411 g/mol. The number of Topliss-reactive ketones (excluding diaryl/α,β-unsaturated/α-hetero) is 1. The van der Waals surface area contributed by atoms with Crippen LogP contribution in [0, 0.1) is 5.82 Å². The zero-order valence-electron chi connectivity index (χ0n) is 15.3. The molecule has 0 spiro atoms. The molecule has 0 unspecified atom stereocenters. The molecular formula is C18H18FNO7S. The summed E-state index contributed by atoms with van der Waals surface area (Å²) in [6.45, 7) is -0.631. The van der Waals surface area contributed by atoms with Gasteiger partial charge in [-0.15, -0.1) is 0 Å². The van der Waals surface area contributed by atoms with Crippen LogP contribution in [0.5, 0.6) is 5.75 Å². The summed E-state index contributed by atoms with van der Waals surface area (Å²) in [5.41, 5.74) is -0.0663. The van der Waals surface area contributed by atoms with Gasteiger partial charge in [0, 0.05) is 12.6 Å². The summed E-state index contributed by atoms with van der Waals surface area (Å²) in [6, 6.07) is 8.57. The van der Waals surface area contributed by atoms with Crippen molar-refractivity contribution in [1.29, 1.82) is 0 Å². The van der Waals surface area contributed by atoms with E-state index < -0.39 is 34.2 Å². The summed E-state index contributed by atoms with van der Waals surface area (Å²) in [4.78, 5) is 28.6. The summed E-state index contributed by atoms with van der Waals surface area (Å²) in [6.07, 6.45) is 0. The molecule has 0 amide bonds. The van der Waals surface area contributed by atoms with Gasteiger partial charge in [-0.05, 0) is 30.3 Å². The maximum Gasteiger partial charge on any atom is 0.338 e. The second-order valence-electron chi connectivity index (χ2n) is 5.47. The molecule has 0 atom stereocenters. The van der Waals surface area contributed by atoms with E-state index in [1.807, 2.05) is 0 Å². The maximum atomic E-state index is 13.2. The number of halogens is 1. The van der Waals surface area contributed by atoms with Crippen molar-refractivity contribution < 1.29 is 36.7 Å². The van der Waals surface area contributed by atoms with Crippen LogP contribution in [0.15, 0.2) is 47.4 Å². The van der Waals surface area contributed by atoms with Gasteiger partial charge in [-0.25, -0.2) is 17.6 Å². The van der Waals surface area contributed by atoms with Gasteiger partial charge < -0.3 is 9.47 Å². The third kappa shape index (κ3) is 4.71. The molecule has 2 aromatic carbocycles. The molecule has 0 aliphatic heterocycles. The van der Waals surface area contributed by atoms with Gasteiger partial charge >= 0.3 is 5.97 Å². The minimum absolute atomic E-state index is 0.00344. The fourth-order valence-corrected chi connectivity index (χ4v) is 3.36. The Kier molecular flexibility index (Phi) is 6.84. The van der Waals surface area contributed by atoms with Gasteiger partial charge in [0.1, 0.15) is 16.5 Å². The number of hydrogen-bond donors (Lipinski definition) is 0. The van der Waals surface area contributed by atoms with E-state index in [4.69, 9.17) is 14.3 Å². The number of hydrogen-bond acceptors (Lipinski definition) is 7. The largest absolute Gasteiger partial charge is 0.495 e. The highest BCUT2D eigenvalue weighted by Gasteiger charge is 2.27. The normalized spacial score (nSPS) is 11.3. The molecule has 0 aromatic heterocycles. The van der Waals surface area contributed by atoms with Gasteiger partial charge in [0.2, 0.25) is 0 Å². The van der Waals surface area contributed by atoms with E-state index in [0.29, 0.717) is 4.47 Å². The van der Waals surface area contributed by atoms with Crippen LogP contribution in [0.1, 0.15) is 20.7 Å². The Balaban J connectivity index is 2.22. The molecule has 0 saturated carbocycles. The predicted octanol–water partition coefficient (Wildman–Crippen LogP) is 2.06. The molecule has 150 valence electrons. The van der Waals surface area contributed by atoms with E-state index >= 15 is 0 Å². The van der Waals surface area contributed by atoms with Gasteiger partial charge in [0.25, 0.3) is 10.0 Å². The molecule has 2 rings (SSSR count). The lowest BCUT2D eigenvalue weighted by atomic mass is 10.1. The van der Waals surface area contributed by atoms with Crippen molar-refractivity contribution in [2.24, 2.45) is 0 Å². The van der Waals surface area contributed by atoms with Crippen molar-refractivity contribution in [1.82, 2.24) is 4.47 Å². The Morgan fingerprint density at radius 3 is 2.39 bits per heavy atom. The van der Waals surface area contributed by atoms with Gasteiger partial charge in [-0.1, -0.05) is 16.6 Å². The van der Waals surface area contributed by atoms with E-state index in [1.54, 1.807) is 0 Å². The first-order valence-electron chi connectivity index (χ1n) is 7.87. The number of carbonyl (C=O) groups excluding carboxylic acids is 2. The summed E-state index contributed by atoms with van der Waals surface area (Å²) < 4.78 is 48.7. The van der Waals surface area contributed by atoms with Crippen LogP contribution in [-0.2, 0) is 19.6 Å². The van der Waals surface area contributed by atoms with Crippen LogP contribution >= 0.6 is 0 Å². The number of nitrogens with zero attached hydrogens (tertiary/aromatic N) is 1. The van der Waals surface area contributed by atoms with Crippen molar-refractivity contribution in [3.05, 3.63) is 59.4 Å². The quantitative estimate of drug-likeness (QED) is 0.372. The van der Waals surface area contributed by atoms with Crippen LogP contribution in [0.3, 0.4) is 0 Å². The first-order chi connectivity index (χ1) is 13.2. The molecule has 0 heterocycles. The Morgan fingerprint density at radius 1 is 1.07 bits per heavy atom. The van der Waals surface area contributed by atoms with E-state index in [1.165, 1.54) is 51.6 Å². The molecule has 0 fully saturated rings.